The molecule has 1 atom stereocenters. The van der Waals surface area contributed by atoms with Crippen molar-refractivity contribution in [2.24, 2.45) is 11.1 Å². The summed E-state index contributed by atoms with van der Waals surface area (Å²) >= 11 is 0. The van der Waals surface area contributed by atoms with Gasteiger partial charge in [0.05, 0.1) is 17.9 Å². The molecule has 0 saturated carbocycles. The molecule has 2 rings (SSSR count). The van der Waals surface area contributed by atoms with Crippen LogP contribution in [0.3, 0.4) is 0 Å². The second kappa shape index (κ2) is 2.33. The van der Waals surface area contributed by atoms with E-state index >= 15 is 0 Å². The van der Waals surface area contributed by atoms with E-state index in [0.29, 0.717) is 0 Å². The summed E-state index contributed by atoms with van der Waals surface area (Å²) in [6.45, 7) is 4.42. The Morgan fingerprint density at radius 1 is 1.67 bits per heavy atom. The summed E-state index contributed by atoms with van der Waals surface area (Å²) < 4.78 is 0. The Bertz CT molecular complexity index is 288. The van der Waals surface area contributed by atoms with Gasteiger partial charge in [0.2, 0.25) is 0 Å². The maximum absolute atomic E-state index is 6.10. The fourth-order valence-electron chi connectivity index (χ4n) is 1.79. The molecule has 66 valence electrons. The molecule has 1 aliphatic carbocycles. The van der Waals surface area contributed by atoms with E-state index in [-0.39, 0.29) is 11.5 Å². The van der Waals surface area contributed by atoms with Crippen LogP contribution in [-0.2, 0) is 6.42 Å². The molecule has 0 radical (unpaired) electrons. The molecule has 0 amide bonds. The number of H-pyrrole nitrogens is 1. The van der Waals surface area contributed by atoms with E-state index in [1.165, 1.54) is 5.56 Å². The third kappa shape index (κ3) is 0.966. The van der Waals surface area contributed by atoms with Crippen LogP contribution in [0.1, 0.15) is 37.6 Å². The van der Waals surface area contributed by atoms with Crippen molar-refractivity contribution in [3.8, 4) is 0 Å². The Hall–Kier alpha value is -0.830. The topological polar surface area (TPSA) is 54.7 Å². The Kier molecular flexibility index (Phi) is 1.51. The minimum Gasteiger partial charge on any atom is -0.322 e. The van der Waals surface area contributed by atoms with Crippen LogP contribution in [0.5, 0.6) is 0 Å². The first-order chi connectivity index (χ1) is 5.61. The number of aromatic nitrogens is 2. The van der Waals surface area contributed by atoms with Gasteiger partial charge in [-0.3, -0.25) is 5.10 Å². The van der Waals surface area contributed by atoms with Crippen LogP contribution in [0.25, 0.3) is 0 Å². The average Bonchev–Trinajstić information content (AvgIpc) is 2.45. The lowest BCUT2D eigenvalue weighted by molar-refractivity contribution is 0.245. The number of hydrogen-bond acceptors (Lipinski definition) is 2. The number of nitrogens with two attached hydrogens (primary N) is 1. The summed E-state index contributed by atoms with van der Waals surface area (Å²) in [5.74, 6) is 0. The van der Waals surface area contributed by atoms with Crippen molar-refractivity contribution < 1.29 is 0 Å². The van der Waals surface area contributed by atoms with Gasteiger partial charge < -0.3 is 5.73 Å². The number of hydrogen-bond donors (Lipinski definition) is 2. The molecule has 1 aliphatic rings. The van der Waals surface area contributed by atoms with Gasteiger partial charge in [-0.25, -0.2) is 0 Å². The molecule has 1 unspecified atom stereocenters. The molecule has 3 heteroatoms. The highest BCUT2D eigenvalue weighted by Gasteiger charge is 2.34. The third-order valence-electron chi connectivity index (χ3n) is 2.94. The van der Waals surface area contributed by atoms with Gasteiger partial charge in [-0.05, 0) is 23.8 Å². The van der Waals surface area contributed by atoms with E-state index in [2.05, 4.69) is 24.0 Å². The van der Waals surface area contributed by atoms with E-state index < -0.39 is 0 Å². The first kappa shape index (κ1) is 7.80. The lowest BCUT2D eigenvalue weighted by Gasteiger charge is -2.35. The quantitative estimate of drug-likeness (QED) is 0.610. The Morgan fingerprint density at radius 3 is 3.17 bits per heavy atom. The van der Waals surface area contributed by atoms with Gasteiger partial charge in [-0.1, -0.05) is 13.8 Å². The molecule has 0 spiro atoms. The zero-order valence-electron chi connectivity index (χ0n) is 7.59. The van der Waals surface area contributed by atoms with Crippen molar-refractivity contribution in [1.29, 1.82) is 0 Å². The summed E-state index contributed by atoms with van der Waals surface area (Å²) in [5.41, 5.74) is 8.73. The summed E-state index contributed by atoms with van der Waals surface area (Å²) in [5, 5.41) is 7.00. The Labute approximate surface area is 72.4 Å². The maximum atomic E-state index is 6.10. The zero-order valence-corrected chi connectivity index (χ0v) is 7.59. The van der Waals surface area contributed by atoms with E-state index in [1.807, 2.05) is 6.20 Å². The highest BCUT2D eigenvalue weighted by Crippen LogP contribution is 2.40. The molecular formula is C9H15N3. The predicted octanol–water partition coefficient (Wildman–Crippen LogP) is 1.38. The summed E-state index contributed by atoms with van der Waals surface area (Å²) in [6, 6.07) is 0.115. The van der Waals surface area contributed by atoms with Crippen molar-refractivity contribution in [3.05, 3.63) is 17.5 Å². The second-order valence-corrected chi connectivity index (χ2v) is 4.28. The maximum Gasteiger partial charge on any atom is 0.0556 e. The van der Waals surface area contributed by atoms with Crippen molar-refractivity contribution in [3.63, 3.8) is 0 Å². The monoisotopic (exact) mass is 165 g/mol. The SMILES string of the molecule is CC1(C)CCc2cn[nH]c2C1N. The molecule has 0 fully saturated rings. The van der Waals surface area contributed by atoms with Gasteiger partial charge >= 0.3 is 0 Å². The molecule has 3 nitrogen and oxygen atoms in total. The van der Waals surface area contributed by atoms with Gasteiger partial charge in [0.15, 0.2) is 0 Å². The van der Waals surface area contributed by atoms with Crippen LogP contribution in [-0.4, -0.2) is 10.2 Å². The summed E-state index contributed by atoms with van der Waals surface area (Å²) in [6.07, 6.45) is 4.15. The van der Waals surface area contributed by atoms with Crippen LogP contribution in [0, 0.1) is 5.41 Å². The van der Waals surface area contributed by atoms with Gasteiger partial charge in [0.25, 0.3) is 0 Å². The van der Waals surface area contributed by atoms with Crippen molar-refractivity contribution in [2.75, 3.05) is 0 Å². The zero-order chi connectivity index (χ0) is 8.77. The smallest absolute Gasteiger partial charge is 0.0556 e. The minimum atomic E-state index is 0.115. The van der Waals surface area contributed by atoms with Gasteiger partial charge in [-0.15, -0.1) is 0 Å². The largest absolute Gasteiger partial charge is 0.322 e. The van der Waals surface area contributed by atoms with Crippen molar-refractivity contribution >= 4 is 0 Å². The van der Waals surface area contributed by atoms with Crippen LogP contribution in [0.2, 0.25) is 0 Å². The number of nitrogens with one attached hydrogen (secondary N) is 1. The summed E-state index contributed by atoms with van der Waals surface area (Å²) in [4.78, 5) is 0. The van der Waals surface area contributed by atoms with E-state index in [1.54, 1.807) is 0 Å². The molecule has 1 aromatic rings. The lowest BCUT2D eigenvalue weighted by atomic mass is 9.73. The molecule has 12 heavy (non-hydrogen) atoms. The highest BCUT2D eigenvalue weighted by atomic mass is 15.1. The van der Waals surface area contributed by atoms with Crippen LogP contribution < -0.4 is 5.73 Å². The minimum absolute atomic E-state index is 0.115. The number of rotatable bonds is 0. The molecule has 0 aliphatic heterocycles. The summed E-state index contributed by atoms with van der Waals surface area (Å²) in [7, 11) is 0. The van der Waals surface area contributed by atoms with Crippen LogP contribution >= 0.6 is 0 Å². The third-order valence-corrected chi connectivity index (χ3v) is 2.94. The van der Waals surface area contributed by atoms with Crippen molar-refractivity contribution in [2.45, 2.75) is 32.7 Å². The fourth-order valence-corrected chi connectivity index (χ4v) is 1.79. The number of aromatic amines is 1. The standard InChI is InChI=1S/C9H15N3/c1-9(2)4-3-6-5-11-12-7(6)8(9)10/h5,8H,3-4,10H2,1-2H3,(H,11,12). The van der Waals surface area contributed by atoms with Gasteiger partial charge in [0, 0.05) is 0 Å². The molecule has 0 aromatic carbocycles. The first-order valence-corrected chi connectivity index (χ1v) is 4.39. The van der Waals surface area contributed by atoms with E-state index in [9.17, 15) is 0 Å². The highest BCUT2D eigenvalue weighted by molar-refractivity contribution is 5.25. The second-order valence-electron chi connectivity index (χ2n) is 4.28. The average molecular weight is 165 g/mol. The number of aryl methyl sites for hydroxylation is 1. The van der Waals surface area contributed by atoms with Gasteiger partial charge in [-0.2, -0.15) is 5.10 Å². The normalized spacial score (nSPS) is 26.8. The van der Waals surface area contributed by atoms with Crippen LogP contribution in [0.15, 0.2) is 6.20 Å². The van der Waals surface area contributed by atoms with Crippen LogP contribution in [0.4, 0.5) is 0 Å². The fraction of sp³-hybridized carbons (Fsp3) is 0.667. The van der Waals surface area contributed by atoms with E-state index in [0.717, 1.165) is 18.5 Å². The Balaban J connectivity index is 2.42. The predicted molar refractivity (Wildman–Crippen MR) is 47.6 cm³/mol. The number of nitrogens with zero attached hydrogens (tertiary/aromatic N) is 1. The first-order valence-electron chi connectivity index (χ1n) is 4.39. The molecule has 1 heterocycles. The van der Waals surface area contributed by atoms with Gasteiger partial charge in [0.1, 0.15) is 0 Å². The molecule has 0 saturated heterocycles. The van der Waals surface area contributed by atoms with E-state index in [4.69, 9.17) is 5.73 Å². The van der Waals surface area contributed by atoms with Crippen molar-refractivity contribution in [1.82, 2.24) is 10.2 Å². The molecule has 1 aromatic heterocycles. The molecule has 0 bridgehead atoms. The number of fused-ring (bicyclic) bond motifs is 1. The molecular weight excluding hydrogens is 150 g/mol. The lowest BCUT2D eigenvalue weighted by Crippen LogP contribution is -2.33. The molecule has 3 N–H and O–H groups in total. The Morgan fingerprint density at radius 2 is 2.42 bits per heavy atom.